The first-order chi connectivity index (χ1) is 13.1. The van der Waals surface area contributed by atoms with Crippen molar-refractivity contribution in [1.29, 1.82) is 0 Å². The number of carbonyl (C=O) groups is 3. The molecule has 6 nitrogen and oxygen atoms in total. The summed E-state index contributed by atoms with van der Waals surface area (Å²) in [5.41, 5.74) is 0.522. The molecule has 1 spiro atoms. The predicted octanol–water partition coefficient (Wildman–Crippen LogP) is 2.78. The minimum absolute atomic E-state index is 0.317. The maximum Gasteiger partial charge on any atom is 0.325 e. The Hall–Kier alpha value is -3.15. The van der Waals surface area contributed by atoms with E-state index in [-0.39, 0.29) is 0 Å². The second-order valence-electron chi connectivity index (χ2n) is 6.88. The van der Waals surface area contributed by atoms with Crippen LogP contribution in [0.4, 0.5) is 10.5 Å². The van der Waals surface area contributed by atoms with Gasteiger partial charge in [0.15, 0.2) is 0 Å². The monoisotopic (exact) mass is 363 g/mol. The SMILES string of the molecule is CCCCN1C(=O)NC2(C1=O)C(=O)N(Cc1ccccc1)c1ccccc12. The fraction of sp³-hybridized carbons (Fsp3) is 0.286. The van der Waals surface area contributed by atoms with Gasteiger partial charge >= 0.3 is 6.03 Å². The number of nitrogens with one attached hydrogen (secondary N) is 1. The molecule has 1 fully saturated rings. The van der Waals surface area contributed by atoms with Crippen LogP contribution in [0.2, 0.25) is 0 Å². The van der Waals surface area contributed by atoms with Crippen molar-refractivity contribution < 1.29 is 14.4 Å². The van der Waals surface area contributed by atoms with Gasteiger partial charge in [-0.2, -0.15) is 0 Å². The number of rotatable bonds is 5. The number of amides is 4. The largest absolute Gasteiger partial charge is 0.325 e. The van der Waals surface area contributed by atoms with Crippen molar-refractivity contribution >= 4 is 23.5 Å². The molecule has 0 bridgehead atoms. The van der Waals surface area contributed by atoms with Crippen LogP contribution in [0, 0.1) is 0 Å². The summed E-state index contributed by atoms with van der Waals surface area (Å²) in [5, 5.41) is 2.71. The number of carbonyl (C=O) groups excluding carboxylic acids is 3. The van der Waals surface area contributed by atoms with E-state index in [4.69, 9.17) is 0 Å². The van der Waals surface area contributed by atoms with E-state index in [0.717, 1.165) is 12.0 Å². The molecule has 1 atom stereocenters. The molecular weight excluding hydrogens is 342 g/mol. The van der Waals surface area contributed by atoms with Gasteiger partial charge < -0.3 is 10.2 Å². The average Bonchev–Trinajstić information content (AvgIpc) is 3.08. The smallest absolute Gasteiger partial charge is 0.311 e. The van der Waals surface area contributed by atoms with Gasteiger partial charge in [0.2, 0.25) is 5.54 Å². The van der Waals surface area contributed by atoms with E-state index in [9.17, 15) is 14.4 Å². The molecule has 138 valence electrons. The first-order valence-corrected chi connectivity index (χ1v) is 9.19. The number of benzene rings is 2. The van der Waals surface area contributed by atoms with E-state index < -0.39 is 23.4 Å². The summed E-state index contributed by atoms with van der Waals surface area (Å²) < 4.78 is 0. The fourth-order valence-corrected chi connectivity index (χ4v) is 3.80. The summed E-state index contributed by atoms with van der Waals surface area (Å²) in [6.07, 6.45) is 1.56. The van der Waals surface area contributed by atoms with Crippen LogP contribution in [0.1, 0.15) is 30.9 Å². The molecule has 1 saturated heterocycles. The van der Waals surface area contributed by atoms with Crippen molar-refractivity contribution in [3.63, 3.8) is 0 Å². The number of imide groups is 1. The van der Waals surface area contributed by atoms with Crippen LogP contribution >= 0.6 is 0 Å². The summed E-state index contributed by atoms with van der Waals surface area (Å²) in [4.78, 5) is 41.9. The van der Waals surface area contributed by atoms with Gasteiger partial charge in [-0.15, -0.1) is 0 Å². The van der Waals surface area contributed by atoms with Gasteiger partial charge in [-0.25, -0.2) is 4.79 Å². The van der Waals surface area contributed by atoms with Crippen molar-refractivity contribution in [2.45, 2.75) is 31.8 Å². The molecule has 1 N–H and O–H groups in total. The maximum atomic E-state index is 13.4. The van der Waals surface area contributed by atoms with E-state index in [1.165, 1.54) is 4.90 Å². The van der Waals surface area contributed by atoms with Crippen molar-refractivity contribution in [3.8, 4) is 0 Å². The normalized spacial score (nSPS) is 21.1. The number of hydrogen-bond donors (Lipinski definition) is 1. The number of unbranched alkanes of at least 4 members (excludes halogenated alkanes) is 1. The van der Waals surface area contributed by atoms with Gasteiger partial charge in [0.05, 0.1) is 12.2 Å². The van der Waals surface area contributed by atoms with Crippen LogP contribution < -0.4 is 10.2 Å². The van der Waals surface area contributed by atoms with Gasteiger partial charge in [0.1, 0.15) is 0 Å². The number of fused-ring (bicyclic) bond motifs is 2. The minimum atomic E-state index is -1.64. The van der Waals surface area contributed by atoms with Crippen molar-refractivity contribution in [2.24, 2.45) is 0 Å². The average molecular weight is 363 g/mol. The first kappa shape index (κ1) is 17.3. The van der Waals surface area contributed by atoms with Gasteiger partial charge in [-0.3, -0.25) is 14.5 Å². The van der Waals surface area contributed by atoms with Crippen LogP contribution in [0.25, 0.3) is 0 Å². The first-order valence-electron chi connectivity index (χ1n) is 9.19. The lowest BCUT2D eigenvalue weighted by Gasteiger charge is -2.22. The summed E-state index contributed by atoms with van der Waals surface area (Å²) in [5.74, 6) is -0.876. The molecule has 27 heavy (non-hydrogen) atoms. The molecule has 2 aromatic carbocycles. The highest BCUT2D eigenvalue weighted by Gasteiger charge is 2.63. The Morgan fingerprint density at radius 2 is 1.56 bits per heavy atom. The molecule has 6 heteroatoms. The molecule has 0 saturated carbocycles. The molecule has 2 aliphatic rings. The van der Waals surface area contributed by atoms with Crippen LogP contribution in [0.3, 0.4) is 0 Å². The zero-order chi connectivity index (χ0) is 19.0. The van der Waals surface area contributed by atoms with E-state index in [2.05, 4.69) is 5.32 Å². The molecule has 4 amide bonds. The molecule has 0 radical (unpaired) electrons. The lowest BCUT2D eigenvalue weighted by atomic mass is 9.91. The Balaban J connectivity index is 1.76. The van der Waals surface area contributed by atoms with Crippen molar-refractivity contribution in [3.05, 3.63) is 65.7 Å². The number of anilines is 1. The fourth-order valence-electron chi connectivity index (χ4n) is 3.80. The van der Waals surface area contributed by atoms with Gasteiger partial charge in [-0.1, -0.05) is 61.9 Å². The number of hydrogen-bond acceptors (Lipinski definition) is 3. The predicted molar refractivity (Wildman–Crippen MR) is 101 cm³/mol. The van der Waals surface area contributed by atoms with Crippen molar-refractivity contribution in [2.75, 3.05) is 11.4 Å². The third-order valence-electron chi connectivity index (χ3n) is 5.19. The molecule has 4 rings (SSSR count). The summed E-state index contributed by atoms with van der Waals surface area (Å²) in [6, 6.07) is 16.3. The summed E-state index contributed by atoms with van der Waals surface area (Å²) in [7, 11) is 0. The zero-order valence-electron chi connectivity index (χ0n) is 15.1. The van der Waals surface area contributed by atoms with E-state index in [1.54, 1.807) is 17.0 Å². The van der Waals surface area contributed by atoms with Gasteiger partial charge in [-0.05, 0) is 18.1 Å². The second-order valence-corrected chi connectivity index (χ2v) is 6.88. The summed E-state index contributed by atoms with van der Waals surface area (Å²) >= 11 is 0. The number of urea groups is 1. The molecule has 0 aromatic heterocycles. The highest BCUT2D eigenvalue weighted by molar-refractivity contribution is 6.27. The second kappa shape index (κ2) is 6.54. The van der Waals surface area contributed by atoms with Gasteiger partial charge in [0, 0.05) is 12.1 Å². The van der Waals surface area contributed by atoms with Crippen molar-refractivity contribution in [1.82, 2.24) is 10.2 Å². The lowest BCUT2D eigenvalue weighted by Crippen LogP contribution is -2.52. The third kappa shape index (κ3) is 2.51. The highest BCUT2D eigenvalue weighted by Crippen LogP contribution is 2.44. The Morgan fingerprint density at radius 1 is 0.889 bits per heavy atom. The number of nitrogens with zero attached hydrogens (tertiary/aromatic N) is 2. The van der Waals surface area contributed by atoms with E-state index in [1.807, 2.05) is 49.4 Å². The molecule has 1 unspecified atom stereocenters. The molecule has 2 aromatic rings. The van der Waals surface area contributed by atoms with Crippen LogP contribution in [0.5, 0.6) is 0 Å². The minimum Gasteiger partial charge on any atom is -0.311 e. The quantitative estimate of drug-likeness (QED) is 0.656. The maximum absolute atomic E-state index is 13.4. The van der Waals surface area contributed by atoms with Crippen LogP contribution in [-0.2, 0) is 21.7 Å². The zero-order valence-corrected chi connectivity index (χ0v) is 15.1. The number of para-hydroxylation sites is 1. The Kier molecular flexibility index (Phi) is 4.18. The Bertz CT molecular complexity index is 912. The Labute approximate surface area is 157 Å². The van der Waals surface area contributed by atoms with Crippen LogP contribution in [-0.4, -0.2) is 29.3 Å². The lowest BCUT2D eigenvalue weighted by molar-refractivity contribution is -0.138. The van der Waals surface area contributed by atoms with E-state index in [0.29, 0.717) is 30.8 Å². The highest BCUT2D eigenvalue weighted by atomic mass is 16.2. The third-order valence-corrected chi connectivity index (χ3v) is 5.19. The standard InChI is InChI=1S/C21H21N3O3/c1-2-3-13-23-18(25)21(22-20(23)27)16-11-7-8-12-17(16)24(19(21)26)14-15-9-5-4-6-10-15/h4-12H,2-3,13-14H2,1H3,(H,22,27). The van der Waals surface area contributed by atoms with Gasteiger partial charge in [0.25, 0.3) is 11.8 Å². The molecule has 2 aliphatic heterocycles. The topological polar surface area (TPSA) is 69.7 Å². The van der Waals surface area contributed by atoms with E-state index >= 15 is 0 Å². The summed E-state index contributed by atoms with van der Waals surface area (Å²) in [6.45, 7) is 2.65. The van der Waals surface area contributed by atoms with Crippen LogP contribution in [0.15, 0.2) is 54.6 Å². The molecule has 2 heterocycles. The molecule has 0 aliphatic carbocycles. The molecular formula is C21H21N3O3. The Morgan fingerprint density at radius 3 is 2.30 bits per heavy atom.